The Morgan fingerprint density at radius 1 is 1.62 bits per heavy atom. The van der Waals surface area contributed by atoms with Crippen LogP contribution in [0.2, 0.25) is 0 Å². The predicted octanol–water partition coefficient (Wildman–Crippen LogP) is -0.810. The molecule has 5 N–H and O–H groups in total. The Morgan fingerprint density at radius 3 is 2.81 bits per heavy atom. The molecule has 1 heterocycles. The van der Waals surface area contributed by atoms with E-state index in [-0.39, 0.29) is 31.2 Å². The molecule has 7 nitrogen and oxygen atoms in total. The van der Waals surface area contributed by atoms with Gasteiger partial charge in [0.15, 0.2) is 0 Å². The van der Waals surface area contributed by atoms with Gasteiger partial charge in [-0.1, -0.05) is 0 Å². The summed E-state index contributed by atoms with van der Waals surface area (Å²) in [6.07, 6.45) is 1.72. The van der Waals surface area contributed by atoms with Gasteiger partial charge in [-0.2, -0.15) is 4.98 Å². The van der Waals surface area contributed by atoms with Gasteiger partial charge in [-0.15, -0.1) is 0 Å². The van der Waals surface area contributed by atoms with Crippen molar-refractivity contribution in [3.05, 3.63) is 22.7 Å². The van der Waals surface area contributed by atoms with Crippen LogP contribution >= 0.6 is 0 Å². The fraction of sp³-hybridized carbons (Fsp3) is 0.444. The third kappa shape index (κ3) is 3.06. The monoisotopic (exact) mass is 226 g/mol. The zero-order valence-corrected chi connectivity index (χ0v) is 8.67. The largest absolute Gasteiger partial charge is 0.481 e. The summed E-state index contributed by atoms with van der Waals surface area (Å²) in [5.41, 5.74) is 10.3. The number of aromatic nitrogens is 2. The first-order valence-electron chi connectivity index (χ1n) is 4.81. The smallest absolute Gasteiger partial charge is 0.349 e. The first kappa shape index (κ1) is 12.2. The standard InChI is InChI=1S/C9H14N4O3/c10-5-6(1-2-8(14)15)13-4-3-7(11)12-9(13)16/h3-4,6H,1-2,5,10H2,(H,14,15)(H2,11,12,16). The minimum absolute atomic E-state index is 0.0430. The molecule has 16 heavy (non-hydrogen) atoms. The maximum Gasteiger partial charge on any atom is 0.349 e. The molecule has 0 aliphatic rings. The highest BCUT2D eigenvalue weighted by atomic mass is 16.4. The van der Waals surface area contributed by atoms with Crippen LogP contribution in [0.1, 0.15) is 18.9 Å². The minimum atomic E-state index is -0.921. The van der Waals surface area contributed by atoms with Crippen LogP contribution in [-0.4, -0.2) is 27.2 Å². The van der Waals surface area contributed by atoms with Crippen LogP contribution in [0.25, 0.3) is 0 Å². The Kier molecular flexibility index (Phi) is 4.01. The van der Waals surface area contributed by atoms with Crippen LogP contribution in [0.3, 0.4) is 0 Å². The van der Waals surface area contributed by atoms with E-state index in [1.807, 2.05) is 0 Å². The molecule has 0 fully saturated rings. The molecule has 0 saturated heterocycles. The number of hydrogen-bond donors (Lipinski definition) is 3. The van der Waals surface area contributed by atoms with E-state index in [1.165, 1.54) is 16.8 Å². The summed E-state index contributed by atoms with van der Waals surface area (Å²) in [6, 6.07) is 1.11. The molecule has 0 aliphatic heterocycles. The van der Waals surface area contributed by atoms with E-state index in [4.69, 9.17) is 16.6 Å². The Bertz CT molecular complexity index is 429. The quantitative estimate of drug-likeness (QED) is 0.603. The van der Waals surface area contributed by atoms with Crippen LogP contribution in [0.15, 0.2) is 17.1 Å². The van der Waals surface area contributed by atoms with Crippen molar-refractivity contribution in [2.45, 2.75) is 18.9 Å². The molecular weight excluding hydrogens is 212 g/mol. The Labute approximate surface area is 91.7 Å². The summed E-state index contributed by atoms with van der Waals surface area (Å²) >= 11 is 0. The molecule has 1 rings (SSSR count). The molecule has 0 spiro atoms. The second kappa shape index (κ2) is 5.26. The zero-order valence-electron chi connectivity index (χ0n) is 8.67. The molecule has 0 bridgehead atoms. The van der Waals surface area contributed by atoms with Gasteiger partial charge >= 0.3 is 11.7 Å². The molecule has 1 unspecified atom stereocenters. The van der Waals surface area contributed by atoms with Crippen LogP contribution < -0.4 is 17.2 Å². The van der Waals surface area contributed by atoms with Crippen molar-refractivity contribution in [3.8, 4) is 0 Å². The minimum Gasteiger partial charge on any atom is -0.481 e. The molecule has 0 aliphatic carbocycles. The fourth-order valence-corrected chi connectivity index (χ4v) is 1.36. The second-order valence-corrected chi connectivity index (χ2v) is 3.36. The van der Waals surface area contributed by atoms with Crippen molar-refractivity contribution < 1.29 is 9.90 Å². The van der Waals surface area contributed by atoms with Crippen molar-refractivity contribution in [2.24, 2.45) is 5.73 Å². The van der Waals surface area contributed by atoms with Gasteiger partial charge in [0.25, 0.3) is 0 Å². The normalized spacial score (nSPS) is 12.3. The first-order chi connectivity index (χ1) is 7.54. The molecule has 7 heteroatoms. The molecule has 1 aromatic rings. The SMILES string of the molecule is NCC(CCC(=O)O)n1ccc(N)nc1=O. The predicted molar refractivity (Wildman–Crippen MR) is 57.9 cm³/mol. The molecule has 0 saturated carbocycles. The van der Waals surface area contributed by atoms with Crippen molar-refractivity contribution >= 4 is 11.8 Å². The van der Waals surface area contributed by atoms with Crippen molar-refractivity contribution in [3.63, 3.8) is 0 Å². The summed E-state index contributed by atoms with van der Waals surface area (Å²) in [7, 11) is 0. The van der Waals surface area contributed by atoms with Gasteiger partial charge in [-0.25, -0.2) is 4.79 Å². The summed E-state index contributed by atoms with van der Waals surface area (Å²) in [5.74, 6) is -0.787. The van der Waals surface area contributed by atoms with Gasteiger partial charge in [0.1, 0.15) is 5.82 Å². The number of nitrogens with zero attached hydrogens (tertiary/aromatic N) is 2. The lowest BCUT2D eigenvalue weighted by Crippen LogP contribution is -2.31. The number of carboxylic acids is 1. The van der Waals surface area contributed by atoms with E-state index in [0.717, 1.165) is 0 Å². The summed E-state index contributed by atoms with van der Waals surface area (Å²) in [5, 5.41) is 8.55. The van der Waals surface area contributed by atoms with Gasteiger partial charge in [0, 0.05) is 19.2 Å². The second-order valence-electron chi connectivity index (χ2n) is 3.36. The van der Waals surface area contributed by atoms with Gasteiger partial charge in [-0.05, 0) is 12.5 Å². The van der Waals surface area contributed by atoms with Crippen LogP contribution in [0.5, 0.6) is 0 Å². The number of nitrogens with two attached hydrogens (primary N) is 2. The topological polar surface area (TPSA) is 124 Å². The molecule has 1 aromatic heterocycles. The zero-order chi connectivity index (χ0) is 12.1. The molecule has 0 aromatic carbocycles. The fourth-order valence-electron chi connectivity index (χ4n) is 1.36. The van der Waals surface area contributed by atoms with Gasteiger partial charge in [0.2, 0.25) is 0 Å². The van der Waals surface area contributed by atoms with Crippen LogP contribution in [0, 0.1) is 0 Å². The van der Waals surface area contributed by atoms with Crippen molar-refractivity contribution in [1.29, 1.82) is 0 Å². The van der Waals surface area contributed by atoms with E-state index < -0.39 is 11.7 Å². The average molecular weight is 226 g/mol. The summed E-state index contributed by atoms with van der Waals surface area (Å²) < 4.78 is 1.30. The lowest BCUT2D eigenvalue weighted by atomic mass is 10.1. The highest BCUT2D eigenvalue weighted by Gasteiger charge is 2.12. The lowest BCUT2D eigenvalue weighted by molar-refractivity contribution is -0.137. The number of rotatable bonds is 5. The van der Waals surface area contributed by atoms with E-state index in [0.29, 0.717) is 0 Å². The number of carboxylic acid groups (broad SMARTS) is 1. The number of aliphatic carboxylic acids is 1. The number of nitrogen functional groups attached to an aromatic ring is 1. The summed E-state index contributed by atoms with van der Waals surface area (Å²) in [4.78, 5) is 25.4. The third-order valence-corrected chi connectivity index (χ3v) is 2.21. The lowest BCUT2D eigenvalue weighted by Gasteiger charge is -2.16. The van der Waals surface area contributed by atoms with E-state index >= 15 is 0 Å². The van der Waals surface area contributed by atoms with E-state index in [2.05, 4.69) is 4.98 Å². The highest BCUT2D eigenvalue weighted by molar-refractivity contribution is 5.66. The molecular formula is C9H14N4O3. The number of hydrogen-bond acceptors (Lipinski definition) is 5. The Balaban J connectivity index is 2.86. The number of anilines is 1. The van der Waals surface area contributed by atoms with Crippen LogP contribution in [0.4, 0.5) is 5.82 Å². The molecule has 88 valence electrons. The Morgan fingerprint density at radius 2 is 2.31 bits per heavy atom. The highest BCUT2D eigenvalue weighted by Crippen LogP contribution is 2.09. The van der Waals surface area contributed by atoms with Crippen molar-refractivity contribution in [2.75, 3.05) is 12.3 Å². The van der Waals surface area contributed by atoms with Crippen molar-refractivity contribution in [1.82, 2.24) is 9.55 Å². The van der Waals surface area contributed by atoms with E-state index in [9.17, 15) is 9.59 Å². The molecule has 0 amide bonds. The average Bonchev–Trinajstić information content (AvgIpc) is 2.21. The first-order valence-corrected chi connectivity index (χ1v) is 4.81. The summed E-state index contributed by atoms with van der Waals surface area (Å²) in [6.45, 7) is 0.179. The maximum absolute atomic E-state index is 11.5. The number of carbonyl (C=O) groups is 1. The molecule has 1 atom stereocenters. The van der Waals surface area contributed by atoms with E-state index in [1.54, 1.807) is 0 Å². The van der Waals surface area contributed by atoms with Gasteiger partial charge in [0.05, 0.1) is 6.04 Å². The molecule has 0 radical (unpaired) electrons. The third-order valence-electron chi connectivity index (χ3n) is 2.21. The van der Waals surface area contributed by atoms with Crippen LogP contribution in [-0.2, 0) is 4.79 Å². The maximum atomic E-state index is 11.5. The van der Waals surface area contributed by atoms with Gasteiger partial charge < -0.3 is 16.6 Å². The van der Waals surface area contributed by atoms with Gasteiger partial charge in [-0.3, -0.25) is 9.36 Å². The Hall–Kier alpha value is -1.89.